The zero-order valence-electron chi connectivity index (χ0n) is 17.0. The van der Waals surface area contributed by atoms with Crippen molar-refractivity contribution in [2.75, 3.05) is 17.3 Å². The van der Waals surface area contributed by atoms with Gasteiger partial charge in [0, 0.05) is 36.8 Å². The smallest absolute Gasteiger partial charge is 0.319 e. The Morgan fingerprint density at radius 2 is 2.03 bits per heavy atom. The highest BCUT2D eigenvalue weighted by atomic mass is 35.5. The van der Waals surface area contributed by atoms with Crippen molar-refractivity contribution >= 4 is 34.9 Å². The highest BCUT2D eigenvalue weighted by molar-refractivity contribution is 6.32. The van der Waals surface area contributed by atoms with Gasteiger partial charge in [-0.05, 0) is 44.0 Å². The molecule has 0 spiro atoms. The molecule has 0 saturated heterocycles. The zero-order valence-corrected chi connectivity index (χ0v) is 17.8. The van der Waals surface area contributed by atoms with Crippen LogP contribution in [-0.4, -0.2) is 24.6 Å². The Hall–Kier alpha value is -2.80. The molecule has 8 heteroatoms. The van der Waals surface area contributed by atoms with E-state index < -0.39 is 23.5 Å². The summed E-state index contributed by atoms with van der Waals surface area (Å²) in [6.07, 6.45) is 1.67. The number of aryl methyl sites for hydroxylation is 1. The van der Waals surface area contributed by atoms with Crippen LogP contribution in [0.2, 0.25) is 5.02 Å². The van der Waals surface area contributed by atoms with Crippen molar-refractivity contribution in [1.29, 1.82) is 0 Å². The van der Waals surface area contributed by atoms with Crippen molar-refractivity contribution < 1.29 is 18.7 Å². The van der Waals surface area contributed by atoms with E-state index in [9.17, 15) is 14.0 Å². The maximum Gasteiger partial charge on any atom is 0.319 e. The van der Waals surface area contributed by atoms with Gasteiger partial charge in [-0.1, -0.05) is 23.7 Å². The molecule has 0 aromatic heterocycles. The number of urea groups is 1. The second-order valence-electron chi connectivity index (χ2n) is 8.29. The molecule has 30 heavy (non-hydrogen) atoms. The summed E-state index contributed by atoms with van der Waals surface area (Å²) >= 11 is 6.10. The molecular formula is C22H23ClFN3O3. The lowest BCUT2D eigenvalue weighted by Gasteiger charge is -2.38. The van der Waals surface area contributed by atoms with Crippen LogP contribution < -0.4 is 20.3 Å². The first-order valence-corrected chi connectivity index (χ1v) is 10.2. The number of halogens is 2. The van der Waals surface area contributed by atoms with E-state index in [1.165, 1.54) is 6.07 Å². The van der Waals surface area contributed by atoms with Crippen molar-refractivity contribution in [2.45, 2.75) is 44.8 Å². The van der Waals surface area contributed by atoms with Gasteiger partial charge in [-0.25, -0.2) is 9.18 Å². The highest BCUT2D eigenvalue weighted by Gasteiger charge is 2.36. The fraction of sp³-hybridized carbons (Fsp3) is 0.364. The van der Waals surface area contributed by atoms with Crippen molar-refractivity contribution in [3.63, 3.8) is 0 Å². The minimum absolute atomic E-state index is 0.0502. The van der Waals surface area contributed by atoms with E-state index in [1.54, 1.807) is 24.1 Å². The average molecular weight is 432 g/mol. The number of hydrogen-bond acceptors (Lipinski definition) is 3. The largest absolute Gasteiger partial charge is 0.486 e. The summed E-state index contributed by atoms with van der Waals surface area (Å²) in [5, 5.41) is 5.67. The topological polar surface area (TPSA) is 70.7 Å². The number of anilines is 2. The van der Waals surface area contributed by atoms with Gasteiger partial charge in [0.25, 0.3) is 0 Å². The fourth-order valence-electron chi connectivity index (χ4n) is 4.01. The third-order valence-corrected chi connectivity index (χ3v) is 5.87. The molecule has 0 unspecified atom stereocenters. The number of benzene rings is 2. The molecule has 0 bridgehead atoms. The predicted octanol–water partition coefficient (Wildman–Crippen LogP) is 4.81. The summed E-state index contributed by atoms with van der Waals surface area (Å²) in [6.45, 7) is 3.72. The molecule has 2 aromatic rings. The highest BCUT2D eigenvalue weighted by Crippen LogP contribution is 2.44. The maximum atomic E-state index is 13.9. The van der Waals surface area contributed by atoms with Crippen LogP contribution in [0.25, 0.3) is 0 Å². The molecule has 0 fully saturated rings. The lowest BCUT2D eigenvalue weighted by Crippen LogP contribution is -2.42. The predicted molar refractivity (Wildman–Crippen MR) is 114 cm³/mol. The van der Waals surface area contributed by atoms with Gasteiger partial charge in [0.05, 0.1) is 6.04 Å². The Labute approximate surface area is 179 Å². The normalized spacial score (nSPS) is 19.4. The van der Waals surface area contributed by atoms with Gasteiger partial charge in [-0.15, -0.1) is 0 Å². The molecule has 0 saturated carbocycles. The number of hydrogen-bond donors (Lipinski definition) is 2. The van der Waals surface area contributed by atoms with Crippen LogP contribution >= 0.6 is 11.6 Å². The summed E-state index contributed by atoms with van der Waals surface area (Å²) < 4.78 is 19.8. The molecule has 0 aliphatic carbocycles. The van der Waals surface area contributed by atoms with Gasteiger partial charge < -0.3 is 20.3 Å². The van der Waals surface area contributed by atoms with Crippen LogP contribution in [0.15, 0.2) is 30.3 Å². The van der Waals surface area contributed by atoms with Gasteiger partial charge in [-0.2, -0.15) is 0 Å². The molecule has 1 atom stereocenters. The van der Waals surface area contributed by atoms with Crippen LogP contribution in [-0.2, 0) is 11.2 Å². The van der Waals surface area contributed by atoms with Crippen LogP contribution in [0, 0.1) is 5.82 Å². The summed E-state index contributed by atoms with van der Waals surface area (Å²) in [5.74, 6) is -0.259. The van der Waals surface area contributed by atoms with Gasteiger partial charge >= 0.3 is 6.03 Å². The molecule has 2 aliphatic rings. The van der Waals surface area contributed by atoms with E-state index >= 15 is 0 Å². The van der Waals surface area contributed by atoms with Crippen LogP contribution in [0.1, 0.15) is 43.9 Å². The van der Waals surface area contributed by atoms with Gasteiger partial charge in [0.1, 0.15) is 22.2 Å². The molecule has 2 aliphatic heterocycles. The van der Waals surface area contributed by atoms with Gasteiger partial charge in [0.15, 0.2) is 0 Å². The minimum Gasteiger partial charge on any atom is -0.486 e. The van der Waals surface area contributed by atoms with E-state index in [0.717, 1.165) is 11.3 Å². The van der Waals surface area contributed by atoms with Gasteiger partial charge in [-0.3, -0.25) is 4.79 Å². The van der Waals surface area contributed by atoms with Crippen LogP contribution in [0.4, 0.5) is 20.6 Å². The summed E-state index contributed by atoms with van der Waals surface area (Å²) in [7, 11) is 1.73. The first-order valence-electron chi connectivity index (χ1n) is 9.78. The Morgan fingerprint density at radius 1 is 1.27 bits per heavy atom. The SMILES string of the molecule is CN1C(=O)CCc2ccc(NC(=O)N[C@@H]3CC(C)(C)Oc4c3ccc(F)c4Cl)cc21. The number of ether oxygens (including phenoxy) is 1. The first-order chi connectivity index (χ1) is 14.1. The van der Waals surface area contributed by atoms with E-state index in [0.29, 0.717) is 30.5 Å². The second-order valence-corrected chi connectivity index (χ2v) is 8.67. The summed E-state index contributed by atoms with van der Waals surface area (Å²) in [6, 6.07) is 7.57. The third kappa shape index (κ3) is 3.81. The number of carbonyl (C=O) groups excluding carboxylic acids is 2. The van der Waals surface area contributed by atoms with E-state index in [4.69, 9.17) is 16.3 Å². The maximum absolute atomic E-state index is 13.9. The van der Waals surface area contributed by atoms with E-state index in [-0.39, 0.29) is 16.7 Å². The van der Waals surface area contributed by atoms with Crippen LogP contribution in [0.3, 0.4) is 0 Å². The number of carbonyl (C=O) groups is 2. The number of nitrogens with zero attached hydrogens (tertiary/aromatic N) is 1. The quantitative estimate of drug-likeness (QED) is 0.716. The molecule has 6 nitrogen and oxygen atoms in total. The molecule has 0 radical (unpaired) electrons. The molecule has 158 valence electrons. The number of rotatable bonds is 2. The number of nitrogens with one attached hydrogen (secondary N) is 2. The van der Waals surface area contributed by atoms with Crippen molar-refractivity contribution in [3.8, 4) is 5.75 Å². The Bertz CT molecular complexity index is 1040. The molecule has 2 aromatic carbocycles. The minimum atomic E-state index is -0.628. The molecule has 3 amide bonds. The van der Waals surface area contributed by atoms with Crippen molar-refractivity contribution in [1.82, 2.24) is 5.32 Å². The number of amides is 3. The Morgan fingerprint density at radius 3 is 2.80 bits per heavy atom. The van der Waals surface area contributed by atoms with E-state index in [2.05, 4.69) is 10.6 Å². The Balaban J connectivity index is 1.54. The second kappa shape index (κ2) is 7.47. The van der Waals surface area contributed by atoms with Crippen molar-refractivity contribution in [2.24, 2.45) is 0 Å². The monoisotopic (exact) mass is 431 g/mol. The zero-order chi connectivity index (χ0) is 21.6. The summed E-state index contributed by atoms with van der Waals surface area (Å²) in [5.41, 5.74) is 2.45. The Kier molecular flexibility index (Phi) is 5.10. The lowest BCUT2D eigenvalue weighted by atomic mass is 9.89. The van der Waals surface area contributed by atoms with Crippen LogP contribution in [0.5, 0.6) is 5.75 Å². The molecule has 4 rings (SSSR count). The van der Waals surface area contributed by atoms with Gasteiger partial charge in [0.2, 0.25) is 5.91 Å². The third-order valence-electron chi connectivity index (χ3n) is 5.52. The number of fused-ring (bicyclic) bond motifs is 2. The van der Waals surface area contributed by atoms with Crippen molar-refractivity contribution in [3.05, 3.63) is 52.3 Å². The lowest BCUT2D eigenvalue weighted by molar-refractivity contribution is -0.118. The molecular weight excluding hydrogens is 409 g/mol. The first kappa shape index (κ1) is 20.5. The standard InChI is InChI=1S/C22H23ClFN3O3/c1-22(2)11-16(14-7-8-15(24)19(23)20(14)30-22)26-21(29)25-13-6-4-12-5-9-18(28)27(3)17(12)10-13/h4,6-8,10,16H,5,9,11H2,1-3H3,(H2,25,26,29)/t16-/m1/s1. The summed E-state index contributed by atoms with van der Waals surface area (Å²) in [4.78, 5) is 26.3. The molecule has 2 N–H and O–H groups in total. The fourth-order valence-corrected chi connectivity index (χ4v) is 4.22. The molecule has 2 heterocycles. The van der Waals surface area contributed by atoms with E-state index in [1.807, 2.05) is 26.0 Å². The average Bonchev–Trinajstić information content (AvgIpc) is 2.67.